The first-order valence-electron chi connectivity index (χ1n) is 6.95. The molecule has 1 amide bonds. The average molecular weight is 344 g/mol. The van der Waals surface area contributed by atoms with E-state index >= 15 is 0 Å². The molecule has 0 bridgehead atoms. The number of nitrogens with one attached hydrogen (secondary N) is 1. The van der Waals surface area contributed by atoms with Gasteiger partial charge in [0.2, 0.25) is 0 Å². The zero-order valence-electron chi connectivity index (χ0n) is 11.9. The van der Waals surface area contributed by atoms with E-state index in [2.05, 4.69) is 28.2 Å². The molecule has 112 valence electrons. The molecule has 0 aliphatic heterocycles. The zero-order chi connectivity index (χ0) is 14.6. The summed E-state index contributed by atoms with van der Waals surface area (Å²) in [7, 11) is 0. The Balaban J connectivity index is 2.01. The number of ether oxygens (including phenoxy) is 2. The van der Waals surface area contributed by atoms with Gasteiger partial charge in [0.25, 0.3) is 5.91 Å². The van der Waals surface area contributed by atoms with Crippen LogP contribution in [0.25, 0.3) is 0 Å². The van der Waals surface area contributed by atoms with Crippen molar-refractivity contribution < 1.29 is 14.3 Å². The molecule has 4 nitrogen and oxygen atoms in total. The van der Waals surface area contributed by atoms with Crippen molar-refractivity contribution in [3.63, 3.8) is 0 Å². The minimum atomic E-state index is -0.110. The lowest BCUT2D eigenvalue weighted by atomic mass is 10.3. The van der Waals surface area contributed by atoms with Crippen LogP contribution >= 0.6 is 15.9 Å². The molecule has 0 fully saturated rings. The molecule has 5 heteroatoms. The molecule has 1 N–H and O–H groups in total. The first-order valence-corrected chi connectivity index (χ1v) is 7.74. The van der Waals surface area contributed by atoms with Crippen molar-refractivity contribution in [1.29, 1.82) is 0 Å². The molecular weight excluding hydrogens is 322 g/mol. The maximum Gasteiger partial charge on any atom is 0.257 e. The van der Waals surface area contributed by atoms with E-state index in [9.17, 15) is 4.79 Å². The van der Waals surface area contributed by atoms with E-state index in [4.69, 9.17) is 9.47 Å². The average Bonchev–Trinajstić information content (AvgIpc) is 2.46. The van der Waals surface area contributed by atoms with Gasteiger partial charge in [-0.2, -0.15) is 0 Å². The fourth-order valence-corrected chi connectivity index (χ4v) is 1.75. The van der Waals surface area contributed by atoms with Crippen molar-refractivity contribution in [2.24, 2.45) is 0 Å². The number of hydrogen-bond donors (Lipinski definition) is 1. The van der Waals surface area contributed by atoms with Crippen LogP contribution in [-0.4, -0.2) is 32.3 Å². The van der Waals surface area contributed by atoms with E-state index < -0.39 is 0 Å². The van der Waals surface area contributed by atoms with Gasteiger partial charge in [0, 0.05) is 24.2 Å². The topological polar surface area (TPSA) is 47.6 Å². The van der Waals surface area contributed by atoms with Gasteiger partial charge in [-0.15, -0.1) is 0 Å². The number of carbonyl (C=O) groups excluding carboxylic acids is 1. The summed E-state index contributed by atoms with van der Waals surface area (Å²) in [6.07, 6.45) is 3.06. The Kier molecular flexibility index (Phi) is 9.07. The summed E-state index contributed by atoms with van der Waals surface area (Å²) >= 11 is 3.34. The third-order valence-corrected chi connectivity index (χ3v) is 3.14. The minimum absolute atomic E-state index is 0.0400. The summed E-state index contributed by atoms with van der Waals surface area (Å²) in [5, 5.41) is 2.80. The molecule has 0 aromatic heterocycles. The smallest absolute Gasteiger partial charge is 0.257 e. The Morgan fingerprint density at radius 3 is 2.60 bits per heavy atom. The third-order valence-electron chi connectivity index (χ3n) is 2.61. The van der Waals surface area contributed by atoms with Gasteiger partial charge in [-0.3, -0.25) is 4.79 Å². The molecule has 0 aliphatic rings. The summed E-state index contributed by atoms with van der Waals surface area (Å²) < 4.78 is 11.8. The predicted molar refractivity (Wildman–Crippen MR) is 83.0 cm³/mol. The fourth-order valence-electron chi connectivity index (χ4n) is 1.48. The molecule has 1 aromatic carbocycles. The van der Waals surface area contributed by atoms with Crippen molar-refractivity contribution in [2.45, 2.75) is 26.2 Å². The van der Waals surface area contributed by atoms with E-state index in [0.717, 1.165) is 30.3 Å². The maximum atomic E-state index is 11.5. The van der Waals surface area contributed by atoms with Crippen LogP contribution in [0.3, 0.4) is 0 Å². The Hall–Kier alpha value is -1.07. The van der Waals surface area contributed by atoms with Gasteiger partial charge in [0.15, 0.2) is 6.61 Å². The molecule has 0 aliphatic carbocycles. The molecule has 0 saturated heterocycles. The maximum absolute atomic E-state index is 11.5. The minimum Gasteiger partial charge on any atom is -0.484 e. The largest absolute Gasteiger partial charge is 0.484 e. The van der Waals surface area contributed by atoms with E-state index in [1.54, 1.807) is 0 Å². The molecule has 0 radical (unpaired) electrons. The van der Waals surface area contributed by atoms with Crippen LogP contribution in [0.15, 0.2) is 28.7 Å². The summed E-state index contributed by atoms with van der Waals surface area (Å²) in [5.74, 6) is 0.577. The van der Waals surface area contributed by atoms with Gasteiger partial charge in [0.05, 0.1) is 0 Å². The molecular formula is C15H22BrNO3. The second-order valence-electron chi connectivity index (χ2n) is 4.41. The van der Waals surface area contributed by atoms with Crippen LogP contribution in [0, 0.1) is 0 Å². The molecule has 0 saturated carbocycles. The highest BCUT2D eigenvalue weighted by Crippen LogP contribution is 2.15. The van der Waals surface area contributed by atoms with E-state index in [-0.39, 0.29) is 12.5 Å². The van der Waals surface area contributed by atoms with Crippen LogP contribution in [0.2, 0.25) is 0 Å². The zero-order valence-corrected chi connectivity index (χ0v) is 13.4. The lowest BCUT2D eigenvalue weighted by molar-refractivity contribution is -0.123. The standard InChI is InChI=1S/C15H22BrNO3/c1-2-3-10-19-11-4-9-17-15(18)12-20-14-7-5-13(16)6-8-14/h5-8H,2-4,9-12H2,1H3,(H,17,18). The summed E-state index contributed by atoms with van der Waals surface area (Å²) in [4.78, 5) is 11.5. The highest BCUT2D eigenvalue weighted by molar-refractivity contribution is 9.10. The van der Waals surface area contributed by atoms with E-state index in [0.29, 0.717) is 18.9 Å². The normalized spacial score (nSPS) is 10.3. The number of halogens is 1. The molecule has 0 unspecified atom stereocenters. The van der Waals surface area contributed by atoms with Gasteiger partial charge >= 0.3 is 0 Å². The molecule has 1 aromatic rings. The number of rotatable bonds is 10. The Bertz CT molecular complexity index is 381. The Labute approximate surface area is 129 Å². The van der Waals surface area contributed by atoms with Gasteiger partial charge in [0.1, 0.15) is 5.75 Å². The Morgan fingerprint density at radius 2 is 1.90 bits per heavy atom. The monoisotopic (exact) mass is 343 g/mol. The molecule has 1 rings (SSSR count). The first-order chi connectivity index (χ1) is 9.72. The van der Waals surface area contributed by atoms with Crippen molar-refractivity contribution in [3.8, 4) is 5.75 Å². The summed E-state index contributed by atoms with van der Waals surface area (Å²) in [5.41, 5.74) is 0. The highest BCUT2D eigenvalue weighted by Gasteiger charge is 2.02. The van der Waals surface area contributed by atoms with Crippen LogP contribution in [0.5, 0.6) is 5.75 Å². The second kappa shape index (κ2) is 10.7. The molecule has 0 heterocycles. The summed E-state index contributed by atoms with van der Waals surface area (Å²) in [6, 6.07) is 7.39. The third kappa shape index (κ3) is 8.17. The number of benzene rings is 1. The van der Waals surface area contributed by atoms with Crippen LogP contribution in [0.1, 0.15) is 26.2 Å². The van der Waals surface area contributed by atoms with Gasteiger partial charge in [-0.25, -0.2) is 0 Å². The Morgan fingerprint density at radius 1 is 1.20 bits per heavy atom. The predicted octanol–water partition coefficient (Wildman–Crippen LogP) is 3.15. The summed E-state index contributed by atoms with van der Waals surface area (Å²) in [6.45, 7) is 4.28. The van der Waals surface area contributed by atoms with E-state index in [1.807, 2.05) is 24.3 Å². The highest BCUT2D eigenvalue weighted by atomic mass is 79.9. The SMILES string of the molecule is CCCCOCCCNC(=O)COc1ccc(Br)cc1. The lowest BCUT2D eigenvalue weighted by Gasteiger charge is -2.08. The van der Waals surface area contributed by atoms with Gasteiger partial charge < -0.3 is 14.8 Å². The van der Waals surface area contributed by atoms with Crippen molar-refractivity contribution in [1.82, 2.24) is 5.32 Å². The van der Waals surface area contributed by atoms with Gasteiger partial charge in [-0.05, 0) is 37.1 Å². The number of amides is 1. The quantitative estimate of drug-likeness (QED) is 0.664. The van der Waals surface area contributed by atoms with Crippen molar-refractivity contribution in [3.05, 3.63) is 28.7 Å². The second-order valence-corrected chi connectivity index (χ2v) is 5.33. The molecule has 0 atom stereocenters. The number of unbranched alkanes of at least 4 members (excludes halogenated alkanes) is 1. The van der Waals surface area contributed by atoms with E-state index in [1.165, 1.54) is 0 Å². The van der Waals surface area contributed by atoms with Crippen molar-refractivity contribution in [2.75, 3.05) is 26.4 Å². The fraction of sp³-hybridized carbons (Fsp3) is 0.533. The molecule has 20 heavy (non-hydrogen) atoms. The first kappa shape index (κ1) is 17.0. The van der Waals surface area contributed by atoms with Gasteiger partial charge in [-0.1, -0.05) is 29.3 Å². The van der Waals surface area contributed by atoms with Crippen LogP contribution < -0.4 is 10.1 Å². The van der Waals surface area contributed by atoms with Crippen LogP contribution in [0.4, 0.5) is 0 Å². The van der Waals surface area contributed by atoms with Crippen molar-refractivity contribution >= 4 is 21.8 Å². The van der Waals surface area contributed by atoms with Crippen LogP contribution in [-0.2, 0) is 9.53 Å². The number of hydrogen-bond acceptors (Lipinski definition) is 3. The lowest BCUT2D eigenvalue weighted by Crippen LogP contribution is -2.30. The molecule has 0 spiro atoms. The number of carbonyl (C=O) groups is 1.